The van der Waals surface area contributed by atoms with Crippen LogP contribution in [0.25, 0.3) is 5.69 Å². The van der Waals surface area contributed by atoms with Crippen LogP contribution in [0.4, 0.5) is 0 Å². The van der Waals surface area contributed by atoms with Crippen LogP contribution in [-0.4, -0.2) is 44.4 Å². The average Bonchev–Trinajstić information content (AvgIpc) is 3.08. The predicted octanol–water partition coefficient (Wildman–Crippen LogP) is 3.74. The van der Waals surface area contributed by atoms with Crippen molar-refractivity contribution >= 4 is 17.7 Å². The molecule has 134 valence electrons. The maximum absolute atomic E-state index is 12.5. The highest BCUT2D eigenvalue weighted by molar-refractivity contribution is 7.99. The van der Waals surface area contributed by atoms with E-state index >= 15 is 0 Å². The number of likely N-dealkylation sites (tertiary alicyclic amines) is 1. The number of hydrogen-bond acceptors (Lipinski definition) is 4. The largest absolute Gasteiger partial charge is 0.342 e. The van der Waals surface area contributed by atoms with Crippen LogP contribution in [0.3, 0.4) is 0 Å². The molecular formula is C19H26N4OS. The molecule has 0 spiro atoms. The van der Waals surface area contributed by atoms with Crippen molar-refractivity contribution in [1.29, 1.82) is 0 Å². The second-order valence-electron chi connectivity index (χ2n) is 7.11. The lowest BCUT2D eigenvalue weighted by molar-refractivity contribution is -0.130. The highest BCUT2D eigenvalue weighted by Crippen LogP contribution is 2.23. The Labute approximate surface area is 153 Å². The van der Waals surface area contributed by atoms with Crippen molar-refractivity contribution in [3.05, 3.63) is 36.2 Å². The third-order valence-corrected chi connectivity index (χ3v) is 5.62. The Balaban J connectivity index is 1.64. The molecule has 1 unspecified atom stereocenters. The van der Waals surface area contributed by atoms with Gasteiger partial charge in [0, 0.05) is 18.8 Å². The summed E-state index contributed by atoms with van der Waals surface area (Å²) in [7, 11) is 0. The maximum atomic E-state index is 12.5. The summed E-state index contributed by atoms with van der Waals surface area (Å²) in [6, 6.07) is 8.43. The van der Waals surface area contributed by atoms with Crippen molar-refractivity contribution in [2.45, 2.75) is 44.7 Å². The van der Waals surface area contributed by atoms with Gasteiger partial charge in [-0.25, -0.2) is 0 Å². The van der Waals surface area contributed by atoms with Gasteiger partial charge in [-0.15, -0.1) is 10.2 Å². The molecule has 1 aliphatic rings. The van der Waals surface area contributed by atoms with Crippen molar-refractivity contribution < 1.29 is 4.79 Å². The second-order valence-corrected chi connectivity index (χ2v) is 8.05. The molecule has 0 saturated carbocycles. The van der Waals surface area contributed by atoms with Crippen LogP contribution in [0.5, 0.6) is 0 Å². The van der Waals surface area contributed by atoms with Gasteiger partial charge in [-0.3, -0.25) is 9.36 Å². The fraction of sp³-hybridized carbons (Fsp3) is 0.526. The maximum Gasteiger partial charge on any atom is 0.233 e. The smallest absolute Gasteiger partial charge is 0.233 e. The lowest BCUT2D eigenvalue weighted by Crippen LogP contribution is -2.40. The van der Waals surface area contributed by atoms with E-state index in [-0.39, 0.29) is 5.91 Å². The number of piperidine rings is 1. The van der Waals surface area contributed by atoms with Crippen molar-refractivity contribution in [1.82, 2.24) is 19.7 Å². The van der Waals surface area contributed by atoms with Crippen molar-refractivity contribution in [2.75, 3.05) is 18.8 Å². The van der Waals surface area contributed by atoms with Gasteiger partial charge in [0.2, 0.25) is 5.91 Å². The summed E-state index contributed by atoms with van der Waals surface area (Å²) < 4.78 is 1.95. The number of benzene rings is 1. The summed E-state index contributed by atoms with van der Waals surface area (Å²) in [5.41, 5.74) is 2.33. The molecule has 0 N–H and O–H groups in total. The molecule has 1 aromatic carbocycles. The molecule has 1 atom stereocenters. The Bertz CT molecular complexity index is 710. The van der Waals surface area contributed by atoms with Crippen molar-refractivity contribution in [2.24, 2.45) is 5.92 Å². The monoisotopic (exact) mass is 358 g/mol. The Kier molecular flexibility index (Phi) is 5.78. The minimum atomic E-state index is 0.196. The molecule has 2 heterocycles. The zero-order valence-corrected chi connectivity index (χ0v) is 16.0. The zero-order chi connectivity index (χ0) is 17.8. The molecule has 3 rings (SSSR count). The lowest BCUT2D eigenvalue weighted by Gasteiger charge is -2.30. The van der Waals surface area contributed by atoms with Gasteiger partial charge in [-0.2, -0.15) is 0 Å². The van der Waals surface area contributed by atoms with Crippen LogP contribution < -0.4 is 0 Å². The number of carbonyl (C=O) groups is 1. The molecule has 1 fully saturated rings. The highest BCUT2D eigenvalue weighted by atomic mass is 32.2. The molecule has 1 aliphatic heterocycles. The molecule has 6 heteroatoms. The fourth-order valence-corrected chi connectivity index (χ4v) is 3.98. The Morgan fingerprint density at radius 2 is 2.08 bits per heavy atom. The molecule has 5 nitrogen and oxygen atoms in total. The van der Waals surface area contributed by atoms with Gasteiger partial charge in [-0.05, 0) is 42.4 Å². The zero-order valence-electron chi connectivity index (χ0n) is 15.2. The molecule has 1 aromatic heterocycles. The van der Waals surface area contributed by atoms with Crippen LogP contribution in [0, 0.1) is 5.92 Å². The third-order valence-electron chi connectivity index (χ3n) is 4.69. The topological polar surface area (TPSA) is 51.0 Å². The van der Waals surface area contributed by atoms with Crippen molar-refractivity contribution in [3.8, 4) is 5.69 Å². The number of amides is 1. The Morgan fingerprint density at radius 1 is 1.32 bits per heavy atom. The van der Waals surface area contributed by atoms with E-state index in [4.69, 9.17) is 0 Å². The molecule has 1 amide bonds. The summed E-state index contributed by atoms with van der Waals surface area (Å²) in [5.74, 6) is 1.72. The lowest BCUT2D eigenvalue weighted by atomic mass is 10.0. The van der Waals surface area contributed by atoms with Gasteiger partial charge in [0.25, 0.3) is 0 Å². The summed E-state index contributed by atoms with van der Waals surface area (Å²) in [6.45, 7) is 8.34. The summed E-state index contributed by atoms with van der Waals surface area (Å²) in [6.07, 6.45) is 4.04. The van der Waals surface area contributed by atoms with Gasteiger partial charge < -0.3 is 4.90 Å². The Morgan fingerprint density at radius 3 is 2.76 bits per heavy atom. The van der Waals surface area contributed by atoms with E-state index in [1.165, 1.54) is 23.7 Å². The third kappa shape index (κ3) is 4.42. The van der Waals surface area contributed by atoms with Gasteiger partial charge >= 0.3 is 0 Å². The average molecular weight is 359 g/mol. The molecule has 2 aromatic rings. The first-order chi connectivity index (χ1) is 12.0. The number of hydrogen-bond donors (Lipinski definition) is 0. The van der Waals surface area contributed by atoms with Gasteiger partial charge in [0.15, 0.2) is 5.16 Å². The number of carbonyl (C=O) groups excluding carboxylic acids is 1. The van der Waals surface area contributed by atoms with Crippen LogP contribution in [0.2, 0.25) is 0 Å². The van der Waals surface area contributed by atoms with E-state index in [9.17, 15) is 4.79 Å². The number of thioether (sulfide) groups is 1. The van der Waals surface area contributed by atoms with E-state index in [2.05, 4.69) is 55.2 Å². The summed E-state index contributed by atoms with van der Waals surface area (Å²) in [5, 5.41) is 8.97. The molecule has 0 radical (unpaired) electrons. The predicted molar refractivity (Wildman–Crippen MR) is 101 cm³/mol. The second kappa shape index (κ2) is 8.04. The molecule has 25 heavy (non-hydrogen) atoms. The fourth-order valence-electron chi connectivity index (χ4n) is 3.15. The van der Waals surface area contributed by atoms with E-state index in [1.54, 1.807) is 6.33 Å². The van der Waals surface area contributed by atoms with Gasteiger partial charge in [0.05, 0.1) is 5.75 Å². The van der Waals surface area contributed by atoms with Gasteiger partial charge in [0.1, 0.15) is 6.33 Å². The molecule has 0 bridgehead atoms. The number of nitrogens with zero attached hydrogens (tertiary/aromatic N) is 4. The van der Waals surface area contributed by atoms with Crippen LogP contribution in [0.15, 0.2) is 35.7 Å². The van der Waals surface area contributed by atoms with Crippen molar-refractivity contribution in [3.63, 3.8) is 0 Å². The van der Waals surface area contributed by atoms with E-state index < -0.39 is 0 Å². The highest BCUT2D eigenvalue weighted by Gasteiger charge is 2.21. The van der Waals surface area contributed by atoms with Crippen LogP contribution in [-0.2, 0) is 4.79 Å². The molecule has 0 aliphatic carbocycles. The minimum Gasteiger partial charge on any atom is -0.342 e. The molecule has 1 saturated heterocycles. The Hall–Kier alpha value is -1.82. The first-order valence-corrected chi connectivity index (χ1v) is 9.94. The first kappa shape index (κ1) is 18.0. The number of aromatic nitrogens is 3. The van der Waals surface area contributed by atoms with Crippen LogP contribution >= 0.6 is 11.8 Å². The van der Waals surface area contributed by atoms with E-state index in [1.807, 2.05) is 9.47 Å². The SMILES string of the molecule is CC1CCCN(C(=O)CSc2nncn2-c2ccc(C(C)C)cc2)C1. The summed E-state index contributed by atoms with van der Waals surface area (Å²) >= 11 is 1.46. The van der Waals surface area contributed by atoms with E-state index in [0.717, 1.165) is 30.4 Å². The number of rotatable bonds is 5. The minimum absolute atomic E-state index is 0.196. The standard InChI is InChI=1S/C19H26N4OS/c1-14(2)16-6-8-17(9-7-16)23-13-20-21-19(23)25-12-18(24)22-10-4-5-15(3)11-22/h6-9,13-15H,4-5,10-12H2,1-3H3. The molecular weight excluding hydrogens is 332 g/mol. The van der Waals surface area contributed by atoms with Gasteiger partial charge in [-0.1, -0.05) is 44.7 Å². The van der Waals surface area contributed by atoms with Crippen LogP contribution in [0.1, 0.15) is 45.1 Å². The van der Waals surface area contributed by atoms with E-state index in [0.29, 0.717) is 17.6 Å². The normalized spacial score (nSPS) is 17.9. The quantitative estimate of drug-likeness (QED) is 0.764. The first-order valence-electron chi connectivity index (χ1n) is 8.95. The summed E-state index contributed by atoms with van der Waals surface area (Å²) in [4.78, 5) is 14.4.